The van der Waals surface area contributed by atoms with Gasteiger partial charge in [0.2, 0.25) is 0 Å². The highest BCUT2D eigenvalue weighted by molar-refractivity contribution is 5.48. The third kappa shape index (κ3) is 2.71. The Morgan fingerprint density at radius 2 is 2.00 bits per heavy atom. The first-order valence-corrected chi connectivity index (χ1v) is 5.93. The first kappa shape index (κ1) is 10.5. The van der Waals surface area contributed by atoms with Gasteiger partial charge in [-0.25, -0.2) is 0 Å². The van der Waals surface area contributed by atoms with Gasteiger partial charge in [-0.05, 0) is 50.2 Å². The van der Waals surface area contributed by atoms with Crippen LogP contribution < -0.4 is 5.32 Å². The topological polar surface area (TPSA) is 24.9 Å². The second-order valence-corrected chi connectivity index (χ2v) is 4.79. The van der Waals surface area contributed by atoms with E-state index in [0.717, 1.165) is 5.92 Å². The van der Waals surface area contributed by atoms with Gasteiger partial charge in [-0.2, -0.15) is 0 Å². The van der Waals surface area contributed by atoms with E-state index >= 15 is 0 Å². The molecule has 2 rings (SSSR count). The summed E-state index contributed by atoms with van der Waals surface area (Å²) in [5.74, 6) is 0.915. The Morgan fingerprint density at radius 1 is 1.27 bits per heavy atom. The second-order valence-electron chi connectivity index (χ2n) is 4.79. The van der Waals surface area contributed by atoms with Gasteiger partial charge in [0, 0.05) is 12.2 Å². The maximum atomic E-state index is 4.16. The maximum absolute atomic E-state index is 4.16. The van der Waals surface area contributed by atoms with Crippen LogP contribution in [0.3, 0.4) is 0 Å². The van der Waals surface area contributed by atoms with Crippen LogP contribution >= 0.6 is 0 Å². The SMILES string of the molecule is Cc1ccncc1NC1CCC(C)CC1. The Hall–Kier alpha value is -1.05. The molecule has 1 aromatic heterocycles. The van der Waals surface area contributed by atoms with E-state index in [4.69, 9.17) is 0 Å². The van der Waals surface area contributed by atoms with E-state index in [1.807, 2.05) is 12.4 Å². The number of aryl methyl sites for hydroxylation is 1. The summed E-state index contributed by atoms with van der Waals surface area (Å²) in [6.07, 6.45) is 9.11. The Kier molecular flexibility index (Phi) is 3.24. The summed E-state index contributed by atoms with van der Waals surface area (Å²) in [4.78, 5) is 4.16. The number of pyridine rings is 1. The number of anilines is 1. The van der Waals surface area contributed by atoms with Crippen molar-refractivity contribution in [2.45, 2.75) is 45.6 Å². The lowest BCUT2D eigenvalue weighted by Crippen LogP contribution is -2.25. The molecule has 0 saturated heterocycles. The molecule has 2 heteroatoms. The van der Waals surface area contributed by atoms with Crippen molar-refractivity contribution in [3.63, 3.8) is 0 Å². The van der Waals surface area contributed by atoms with Gasteiger partial charge in [-0.15, -0.1) is 0 Å². The third-order valence-corrected chi connectivity index (χ3v) is 3.41. The lowest BCUT2D eigenvalue weighted by Gasteiger charge is -2.28. The van der Waals surface area contributed by atoms with E-state index in [0.29, 0.717) is 6.04 Å². The zero-order chi connectivity index (χ0) is 10.7. The summed E-state index contributed by atoms with van der Waals surface area (Å²) in [5.41, 5.74) is 2.50. The van der Waals surface area contributed by atoms with Crippen molar-refractivity contribution >= 4 is 5.69 Å². The zero-order valence-electron chi connectivity index (χ0n) is 9.66. The molecular formula is C13H20N2. The van der Waals surface area contributed by atoms with E-state index in [-0.39, 0.29) is 0 Å². The van der Waals surface area contributed by atoms with Crippen LogP contribution in [0, 0.1) is 12.8 Å². The Labute approximate surface area is 92.1 Å². The lowest BCUT2D eigenvalue weighted by molar-refractivity contribution is 0.361. The van der Waals surface area contributed by atoms with Gasteiger partial charge in [-0.1, -0.05) is 6.92 Å². The number of rotatable bonds is 2. The molecule has 0 aromatic carbocycles. The van der Waals surface area contributed by atoms with Crippen LogP contribution in [0.2, 0.25) is 0 Å². The number of nitrogens with zero attached hydrogens (tertiary/aromatic N) is 1. The minimum atomic E-state index is 0.657. The molecular weight excluding hydrogens is 184 g/mol. The smallest absolute Gasteiger partial charge is 0.0558 e. The van der Waals surface area contributed by atoms with Crippen molar-refractivity contribution in [1.82, 2.24) is 4.98 Å². The van der Waals surface area contributed by atoms with Crippen LogP contribution in [0.25, 0.3) is 0 Å². The zero-order valence-corrected chi connectivity index (χ0v) is 9.66. The molecule has 1 fully saturated rings. The molecule has 0 unspecified atom stereocenters. The molecule has 82 valence electrons. The lowest BCUT2D eigenvalue weighted by atomic mass is 9.87. The standard InChI is InChI=1S/C13H20N2/c1-10-3-5-12(6-4-10)15-13-9-14-8-7-11(13)2/h7-10,12,15H,3-6H2,1-2H3. The van der Waals surface area contributed by atoms with E-state index in [1.165, 1.54) is 36.9 Å². The van der Waals surface area contributed by atoms with Crippen LogP contribution in [0.4, 0.5) is 5.69 Å². The molecule has 0 aliphatic heterocycles. The maximum Gasteiger partial charge on any atom is 0.0558 e. The fraction of sp³-hybridized carbons (Fsp3) is 0.615. The number of nitrogens with one attached hydrogen (secondary N) is 1. The van der Waals surface area contributed by atoms with Crippen LogP contribution in [0.15, 0.2) is 18.5 Å². The molecule has 0 bridgehead atoms. The molecule has 1 aromatic rings. The molecule has 15 heavy (non-hydrogen) atoms. The summed E-state index contributed by atoms with van der Waals surface area (Å²) in [6.45, 7) is 4.49. The van der Waals surface area contributed by atoms with Crippen LogP contribution in [-0.4, -0.2) is 11.0 Å². The Morgan fingerprint density at radius 3 is 2.67 bits per heavy atom. The minimum absolute atomic E-state index is 0.657. The van der Waals surface area contributed by atoms with Crippen molar-refractivity contribution in [2.24, 2.45) is 5.92 Å². The summed E-state index contributed by atoms with van der Waals surface area (Å²) in [5, 5.41) is 3.61. The van der Waals surface area contributed by atoms with Gasteiger partial charge in [0.1, 0.15) is 0 Å². The van der Waals surface area contributed by atoms with Crippen molar-refractivity contribution in [3.8, 4) is 0 Å². The molecule has 0 amide bonds. The van der Waals surface area contributed by atoms with Gasteiger partial charge in [0.05, 0.1) is 11.9 Å². The monoisotopic (exact) mass is 204 g/mol. The summed E-state index contributed by atoms with van der Waals surface area (Å²) in [7, 11) is 0. The van der Waals surface area contributed by atoms with Crippen molar-refractivity contribution in [2.75, 3.05) is 5.32 Å². The predicted molar refractivity (Wildman–Crippen MR) is 64.0 cm³/mol. The highest BCUT2D eigenvalue weighted by Crippen LogP contribution is 2.26. The van der Waals surface area contributed by atoms with Gasteiger partial charge in [0.25, 0.3) is 0 Å². The van der Waals surface area contributed by atoms with E-state index in [2.05, 4.69) is 30.2 Å². The molecule has 0 atom stereocenters. The summed E-state index contributed by atoms with van der Waals surface area (Å²) >= 11 is 0. The second kappa shape index (κ2) is 4.65. The molecule has 1 aliphatic carbocycles. The molecule has 1 saturated carbocycles. The van der Waals surface area contributed by atoms with Crippen molar-refractivity contribution in [1.29, 1.82) is 0 Å². The highest BCUT2D eigenvalue weighted by Gasteiger charge is 2.18. The predicted octanol–water partition coefficient (Wildman–Crippen LogP) is 3.38. The third-order valence-electron chi connectivity index (χ3n) is 3.41. The van der Waals surface area contributed by atoms with Gasteiger partial charge in [-0.3, -0.25) is 4.98 Å². The first-order chi connectivity index (χ1) is 7.25. The van der Waals surface area contributed by atoms with Gasteiger partial charge >= 0.3 is 0 Å². The summed E-state index contributed by atoms with van der Waals surface area (Å²) < 4.78 is 0. The number of hydrogen-bond donors (Lipinski definition) is 1. The molecule has 2 nitrogen and oxygen atoms in total. The van der Waals surface area contributed by atoms with Crippen LogP contribution in [0.1, 0.15) is 38.2 Å². The molecule has 1 aliphatic rings. The van der Waals surface area contributed by atoms with Crippen molar-refractivity contribution in [3.05, 3.63) is 24.0 Å². The Balaban J connectivity index is 1.95. The number of hydrogen-bond acceptors (Lipinski definition) is 2. The van der Waals surface area contributed by atoms with E-state index < -0.39 is 0 Å². The fourth-order valence-corrected chi connectivity index (χ4v) is 2.24. The van der Waals surface area contributed by atoms with Crippen LogP contribution in [0.5, 0.6) is 0 Å². The van der Waals surface area contributed by atoms with Gasteiger partial charge in [0.15, 0.2) is 0 Å². The fourth-order valence-electron chi connectivity index (χ4n) is 2.24. The van der Waals surface area contributed by atoms with Gasteiger partial charge < -0.3 is 5.32 Å². The largest absolute Gasteiger partial charge is 0.381 e. The van der Waals surface area contributed by atoms with Crippen LogP contribution in [-0.2, 0) is 0 Å². The first-order valence-electron chi connectivity index (χ1n) is 5.93. The minimum Gasteiger partial charge on any atom is -0.381 e. The van der Waals surface area contributed by atoms with E-state index in [1.54, 1.807) is 0 Å². The molecule has 1 N–H and O–H groups in total. The number of aromatic nitrogens is 1. The van der Waals surface area contributed by atoms with Crippen molar-refractivity contribution < 1.29 is 0 Å². The quantitative estimate of drug-likeness (QED) is 0.798. The highest BCUT2D eigenvalue weighted by atomic mass is 14.9. The molecule has 1 heterocycles. The molecule has 0 spiro atoms. The molecule has 0 radical (unpaired) electrons. The average molecular weight is 204 g/mol. The normalized spacial score (nSPS) is 26.3. The average Bonchev–Trinajstić information content (AvgIpc) is 2.25. The Bertz CT molecular complexity index is 314. The van der Waals surface area contributed by atoms with E-state index in [9.17, 15) is 0 Å². The summed E-state index contributed by atoms with van der Waals surface area (Å²) in [6, 6.07) is 2.72.